The molecule has 0 heterocycles. The van der Waals surface area contributed by atoms with E-state index < -0.39 is 25.4 Å². The number of esters is 2. The van der Waals surface area contributed by atoms with Gasteiger partial charge >= 0.3 is 19.5 Å². The number of aliphatic hydroxyl groups excluding tert-OH is 1. The largest absolute Gasteiger partial charge is 0.426 e. The van der Waals surface area contributed by atoms with Gasteiger partial charge in [-0.2, -0.15) is 0 Å². The second-order valence-corrected chi connectivity index (χ2v) is 7.88. The zero-order chi connectivity index (χ0) is 21.4. The fourth-order valence-corrected chi connectivity index (χ4v) is 4.08. The Bertz CT molecular complexity index is 884. The molecular weight excluding hydrogens is 399 g/mol. The lowest BCUT2D eigenvalue weighted by Crippen LogP contribution is -2.12. The molecular formula is C20H23O8P. The second kappa shape index (κ2) is 10.3. The molecule has 0 fully saturated rings. The van der Waals surface area contributed by atoms with Gasteiger partial charge in [-0.3, -0.25) is 9.36 Å². The molecule has 0 aliphatic carbocycles. The van der Waals surface area contributed by atoms with Crippen LogP contribution in [-0.2, 0) is 18.4 Å². The van der Waals surface area contributed by atoms with Gasteiger partial charge in [0, 0.05) is 6.92 Å². The van der Waals surface area contributed by atoms with E-state index in [9.17, 15) is 19.3 Å². The summed E-state index contributed by atoms with van der Waals surface area (Å²) >= 11 is 0. The maximum atomic E-state index is 12.7. The summed E-state index contributed by atoms with van der Waals surface area (Å²) in [6, 6.07) is 12.0. The standard InChI is InChI=1S/C20H23O8P/c1-4-25-29(24,26-5-2)20(23)15-10-12-16(13-11-15)28-19(22)17-8-6-7-9-18(17)27-14(3)21/h6-13,20,23H,4-5H2,1-3H3. The van der Waals surface area contributed by atoms with Crippen molar-refractivity contribution in [3.63, 3.8) is 0 Å². The van der Waals surface area contributed by atoms with E-state index in [2.05, 4.69) is 0 Å². The van der Waals surface area contributed by atoms with Crippen LogP contribution in [0.1, 0.15) is 42.5 Å². The maximum Gasteiger partial charge on any atom is 0.363 e. The third-order valence-electron chi connectivity index (χ3n) is 3.67. The van der Waals surface area contributed by atoms with E-state index in [0.717, 1.165) is 0 Å². The van der Waals surface area contributed by atoms with Crippen LogP contribution in [0, 0.1) is 0 Å². The average Bonchev–Trinajstić information content (AvgIpc) is 2.68. The molecule has 1 N–H and O–H groups in total. The predicted octanol–water partition coefficient (Wildman–Crippen LogP) is 4.09. The number of para-hydroxylation sites is 1. The minimum Gasteiger partial charge on any atom is -0.426 e. The van der Waals surface area contributed by atoms with Crippen LogP contribution < -0.4 is 9.47 Å². The second-order valence-electron chi connectivity index (χ2n) is 5.80. The van der Waals surface area contributed by atoms with Gasteiger partial charge < -0.3 is 23.6 Å². The van der Waals surface area contributed by atoms with E-state index in [1.165, 1.54) is 43.3 Å². The van der Waals surface area contributed by atoms with Crippen molar-refractivity contribution in [2.45, 2.75) is 26.6 Å². The Balaban J connectivity index is 2.16. The van der Waals surface area contributed by atoms with E-state index >= 15 is 0 Å². The number of carbonyl (C=O) groups excluding carboxylic acids is 2. The molecule has 0 saturated heterocycles. The summed E-state index contributed by atoms with van der Waals surface area (Å²) in [5.41, 5.74) is 0.374. The van der Waals surface area contributed by atoms with Crippen molar-refractivity contribution in [3.05, 3.63) is 59.7 Å². The fraction of sp³-hybridized carbons (Fsp3) is 0.300. The van der Waals surface area contributed by atoms with Gasteiger partial charge in [-0.15, -0.1) is 0 Å². The topological polar surface area (TPSA) is 108 Å². The van der Waals surface area contributed by atoms with Crippen LogP contribution in [0.15, 0.2) is 48.5 Å². The first kappa shape index (κ1) is 22.8. The summed E-state index contributed by atoms with van der Waals surface area (Å²) in [6.07, 6.45) is 0. The van der Waals surface area contributed by atoms with Gasteiger partial charge in [-0.25, -0.2) is 4.79 Å². The number of benzene rings is 2. The van der Waals surface area contributed by atoms with Crippen LogP contribution >= 0.6 is 7.60 Å². The Morgan fingerprint density at radius 2 is 1.55 bits per heavy atom. The van der Waals surface area contributed by atoms with Crippen molar-refractivity contribution >= 4 is 19.5 Å². The Morgan fingerprint density at radius 3 is 2.10 bits per heavy atom. The van der Waals surface area contributed by atoms with Gasteiger partial charge in [0.2, 0.25) is 0 Å². The molecule has 2 rings (SSSR count). The lowest BCUT2D eigenvalue weighted by molar-refractivity contribution is -0.131. The summed E-state index contributed by atoms with van der Waals surface area (Å²) in [5, 5.41) is 10.4. The average molecular weight is 422 g/mol. The lowest BCUT2D eigenvalue weighted by Gasteiger charge is -2.22. The molecule has 0 aliphatic rings. The molecule has 0 radical (unpaired) electrons. The van der Waals surface area contributed by atoms with Gasteiger partial charge in [0.05, 0.1) is 13.2 Å². The zero-order valence-corrected chi connectivity index (χ0v) is 17.3. The van der Waals surface area contributed by atoms with E-state index in [4.69, 9.17) is 18.5 Å². The summed E-state index contributed by atoms with van der Waals surface area (Å²) in [6.45, 7) is 4.76. The lowest BCUT2D eigenvalue weighted by atomic mass is 10.2. The molecule has 0 spiro atoms. The van der Waals surface area contributed by atoms with Gasteiger partial charge in [-0.1, -0.05) is 24.3 Å². The van der Waals surface area contributed by atoms with Gasteiger partial charge in [0.25, 0.3) is 0 Å². The van der Waals surface area contributed by atoms with Crippen molar-refractivity contribution < 1.29 is 37.8 Å². The Morgan fingerprint density at radius 1 is 0.966 bits per heavy atom. The summed E-state index contributed by atoms with van der Waals surface area (Å²) in [4.78, 5) is 23.6. The normalized spacial score (nSPS) is 12.3. The molecule has 29 heavy (non-hydrogen) atoms. The SMILES string of the molecule is CCOP(=O)(OCC)C(O)c1ccc(OC(=O)c2ccccc2OC(C)=O)cc1. The van der Waals surface area contributed by atoms with Crippen molar-refractivity contribution in [3.8, 4) is 11.5 Å². The third-order valence-corrected chi connectivity index (χ3v) is 5.80. The van der Waals surface area contributed by atoms with Gasteiger partial charge in [0.1, 0.15) is 17.1 Å². The minimum atomic E-state index is -3.74. The molecule has 1 unspecified atom stereocenters. The summed E-state index contributed by atoms with van der Waals surface area (Å²) < 4.78 is 33.2. The van der Waals surface area contributed by atoms with Crippen LogP contribution in [0.25, 0.3) is 0 Å². The van der Waals surface area contributed by atoms with Gasteiger partial charge in [-0.05, 0) is 43.7 Å². The van der Waals surface area contributed by atoms with E-state index in [-0.39, 0.29) is 35.8 Å². The molecule has 156 valence electrons. The highest BCUT2D eigenvalue weighted by Gasteiger charge is 2.35. The third kappa shape index (κ3) is 5.98. The van der Waals surface area contributed by atoms with Crippen LogP contribution in [0.5, 0.6) is 11.5 Å². The van der Waals surface area contributed by atoms with E-state index in [0.29, 0.717) is 0 Å². The Hall–Kier alpha value is -2.51. The first-order valence-corrected chi connectivity index (χ1v) is 10.6. The predicted molar refractivity (Wildman–Crippen MR) is 105 cm³/mol. The molecule has 0 amide bonds. The van der Waals surface area contributed by atoms with Gasteiger partial charge in [0.15, 0.2) is 5.85 Å². The molecule has 0 aromatic heterocycles. The first-order valence-electron chi connectivity index (χ1n) is 8.97. The van der Waals surface area contributed by atoms with Crippen molar-refractivity contribution in [2.75, 3.05) is 13.2 Å². The summed E-state index contributed by atoms with van der Waals surface area (Å²) in [7, 11) is -3.74. The summed E-state index contributed by atoms with van der Waals surface area (Å²) in [5.74, 6) is -2.48. The van der Waals surface area contributed by atoms with Crippen LogP contribution in [0.3, 0.4) is 0 Å². The van der Waals surface area contributed by atoms with Crippen molar-refractivity contribution in [1.82, 2.24) is 0 Å². The zero-order valence-electron chi connectivity index (χ0n) is 16.4. The van der Waals surface area contributed by atoms with Crippen molar-refractivity contribution in [2.24, 2.45) is 0 Å². The number of rotatable bonds is 9. The molecule has 2 aromatic carbocycles. The number of hydrogen-bond acceptors (Lipinski definition) is 8. The fourth-order valence-electron chi connectivity index (χ4n) is 2.47. The number of hydrogen-bond donors (Lipinski definition) is 1. The maximum absolute atomic E-state index is 12.7. The smallest absolute Gasteiger partial charge is 0.363 e. The van der Waals surface area contributed by atoms with Crippen molar-refractivity contribution in [1.29, 1.82) is 0 Å². The van der Waals surface area contributed by atoms with Crippen LogP contribution in [-0.4, -0.2) is 30.3 Å². The van der Waals surface area contributed by atoms with Crippen LogP contribution in [0.4, 0.5) is 0 Å². The Kier molecular flexibility index (Phi) is 8.10. The highest BCUT2D eigenvalue weighted by molar-refractivity contribution is 7.54. The Labute approximate surface area is 168 Å². The highest BCUT2D eigenvalue weighted by Crippen LogP contribution is 2.59. The molecule has 9 heteroatoms. The number of aliphatic hydroxyl groups is 1. The molecule has 0 bridgehead atoms. The van der Waals surface area contributed by atoms with E-state index in [1.54, 1.807) is 26.0 Å². The van der Waals surface area contributed by atoms with E-state index in [1.807, 2.05) is 0 Å². The quantitative estimate of drug-likeness (QED) is 0.366. The first-order chi connectivity index (χ1) is 13.8. The minimum absolute atomic E-state index is 0.0870. The molecule has 8 nitrogen and oxygen atoms in total. The molecule has 2 aromatic rings. The molecule has 0 aliphatic heterocycles. The monoisotopic (exact) mass is 422 g/mol. The molecule has 1 atom stereocenters. The number of ether oxygens (including phenoxy) is 2. The number of carbonyl (C=O) groups is 2. The van der Waals surface area contributed by atoms with Crippen LogP contribution in [0.2, 0.25) is 0 Å². The highest BCUT2D eigenvalue weighted by atomic mass is 31.2. The molecule has 0 saturated carbocycles.